The van der Waals surface area contributed by atoms with Gasteiger partial charge in [0.2, 0.25) is 0 Å². The molecule has 90 valence electrons. The minimum absolute atomic E-state index is 0.883. The highest BCUT2D eigenvalue weighted by atomic mass is 16.5. The van der Waals surface area contributed by atoms with Crippen molar-refractivity contribution in [2.45, 2.75) is 39.5 Å². The quantitative estimate of drug-likeness (QED) is 0.682. The molecule has 0 aliphatic heterocycles. The maximum atomic E-state index is 5.35. The van der Waals surface area contributed by atoms with Gasteiger partial charge in [-0.1, -0.05) is 19.8 Å². The molecule has 0 atom stereocenters. The topological polar surface area (TPSA) is 18.5 Å². The summed E-state index contributed by atoms with van der Waals surface area (Å²) in [7, 11) is 3.40. The fraction of sp³-hybridized carbons (Fsp3) is 0.571. The Kier molecular flexibility index (Phi) is 5.17. The van der Waals surface area contributed by atoms with Crippen molar-refractivity contribution in [3.05, 3.63) is 23.3 Å². The average Bonchev–Trinajstić information content (AvgIpc) is 2.31. The average molecular weight is 222 g/mol. The fourth-order valence-electron chi connectivity index (χ4n) is 1.87. The van der Waals surface area contributed by atoms with Crippen LogP contribution in [0.5, 0.6) is 11.5 Å². The third kappa shape index (κ3) is 3.16. The molecule has 1 aromatic carbocycles. The molecule has 0 aromatic heterocycles. The number of hydrogen-bond acceptors (Lipinski definition) is 2. The van der Waals surface area contributed by atoms with Crippen molar-refractivity contribution in [1.29, 1.82) is 0 Å². The van der Waals surface area contributed by atoms with Crippen LogP contribution in [0.3, 0.4) is 0 Å². The maximum absolute atomic E-state index is 5.35. The van der Waals surface area contributed by atoms with Gasteiger partial charge in [-0.25, -0.2) is 0 Å². The lowest BCUT2D eigenvalue weighted by Crippen LogP contribution is -1.96. The molecule has 0 amide bonds. The third-order valence-corrected chi connectivity index (χ3v) is 2.95. The van der Waals surface area contributed by atoms with Crippen LogP contribution in [-0.2, 0) is 6.42 Å². The van der Waals surface area contributed by atoms with E-state index in [0.29, 0.717) is 0 Å². The largest absolute Gasteiger partial charge is 0.497 e. The van der Waals surface area contributed by atoms with Crippen molar-refractivity contribution in [1.82, 2.24) is 0 Å². The van der Waals surface area contributed by atoms with E-state index in [-0.39, 0.29) is 0 Å². The van der Waals surface area contributed by atoms with Gasteiger partial charge in [0.1, 0.15) is 11.5 Å². The molecule has 0 spiro atoms. The Balaban J connectivity index is 2.88. The second-order valence-electron chi connectivity index (χ2n) is 4.07. The molecule has 0 aliphatic rings. The molecule has 1 rings (SSSR count). The summed E-state index contributed by atoms with van der Waals surface area (Å²) >= 11 is 0. The van der Waals surface area contributed by atoms with Gasteiger partial charge in [-0.15, -0.1) is 0 Å². The second kappa shape index (κ2) is 6.41. The summed E-state index contributed by atoms with van der Waals surface area (Å²) in [5.41, 5.74) is 2.57. The summed E-state index contributed by atoms with van der Waals surface area (Å²) in [5.74, 6) is 1.81. The van der Waals surface area contributed by atoms with Crippen LogP contribution in [0.25, 0.3) is 0 Å². The van der Waals surface area contributed by atoms with E-state index >= 15 is 0 Å². The number of hydrogen-bond donors (Lipinski definition) is 0. The molecule has 0 aliphatic carbocycles. The van der Waals surface area contributed by atoms with E-state index in [9.17, 15) is 0 Å². The number of aryl methyl sites for hydroxylation is 1. The lowest BCUT2D eigenvalue weighted by atomic mass is 10.0. The molecule has 0 saturated heterocycles. The molecule has 16 heavy (non-hydrogen) atoms. The predicted octanol–water partition coefficient (Wildman–Crippen LogP) is 3.74. The van der Waals surface area contributed by atoms with Crippen LogP contribution in [0.15, 0.2) is 12.1 Å². The van der Waals surface area contributed by atoms with Crippen molar-refractivity contribution in [2.24, 2.45) is 0 Å². The van der Waals surface area contributed by atoms with E-state index in [2.05, 4.69) is 19.9 Å². The first-order chi connectivity index (χ1) is 7.72. The Morgan fingerprint density at radius 3 is 2.38 bits per heavy atom. The SMILES string of the molecule is CCCCCc1cc(OC)cc(OC)c1C. The Labute approximate surface area is 98.6 Å². The summed E-state index contributed by atoms with van der Waals surface area (Å²) in [4.78, 5) is 0. The summed E-state index contributed by atoms with van der Waals surface area (Å²) in [6.07, 6.45) is 4.86. The lowest BCUT2D eigenvalue weighted by molar-refractivity contribution is 0.391. The number of ether oxygens (including phenoxy) is 2. The number of unbranched alkanes of at least 4 members (excludes halogenated alkanes) is 2. The first kappa shape index (κ1) is 12.9. The van der Waals surface area contributed by atoms with E-state index in [1.54, 1.807) is 14.2 Å². The van der Waals surface area contributed by atoms with Crippen LogP contribution in [0.2, 0.25) is 0 Å². The minimum atomic E-state index is 0.883. The van der Waals surface area contributed by atoms with Crippen molar-refractivity contribution in [3.8, 4) is 11.5 Å². The van der Waals surface area contributed by atoms with Gasteiger partial charge in [0, 0.05) is 6.07 Å². The number of methoxy groups -OCH3 is 2. The van der Waals surface area contributed by atoms with E-state index < -0.39 is 0 Å². The van der Waals surface area contributed by atoms with Gasteiger partial charge in [0.05, 0.1) is 14.2 Å². The van der Waals surface area contributed by atoms with Crippen LogP contribution in [0, 0.1) is 6.92 Å². The van der Waals surface area contributed by atoms with Gasteiger partial charge >= 0.3 is 0 Å². The van der Waals surface area contributed by atoms with Crippen molar-refractivity contribution in [2.75, 3.05) is 14.2 Å². The number of benzene rings is 1. The molecular weight excluding hydrogens is 200 g/mol. The van der Waals surface area contributed by atoms with Gasteiger partial charge in [0.15, 0.2) is 0 Å². The predicted molar refractivity (Wildman–Crippen MR) is 67.5 cm³/mol. The number of rotatable bonds is 6. The standard InChI is InChI=1S/C14H22O2/c1-5-6-7-8-12-9-13(15-3)10-14(16-4)11(12)2/h9-10H,5-8H2,1-4H3. The molecular formula is C14H22O2. The van der Waals surface area contributed by atoms with Crippen LogP contribution in [-0.4, -0.2) is 14.2 Å². The van der Waals surface area contributed by atoms with Crippen LogP contribution in [0.1, 0.15) is 37.3 Å². The van der Waals surface area contributed by atoms with E-state index in [4.69, 9.17) is 9.47 Å². The lowest BCUT2D eigenvalue weighted by Gasteiger charge is -2.12. The van der Waals surface area contributed by atoms with Crippen molar-refractivity contribution < 1.29 is 9.47 Å². The van der Waals surface area contributed by atoms with Gasteiger partial charge in [0.25, 0.3) is 0 Å². The Bertz CT molecular complexity index is 332. The molecule has 0 heterocycles. The molecule has 0 unspecified atom stereocenters. The Morgan fingerprint density at radius 1 is 1.06 bits per heavy atom. The zero-order chi connectivity index (χ0) is 12.0. The Morgan fingerprint density at radius 2 is 1.81 bits per heavy atom. The molecule has 0 saturated carbocycles. The second-order valence-corrected chi connectivity index (χ2v) is 4.07. The van der Waals surface area contributed by atoms with E-state index in [1.165, 1.54) is 30.4 Å². The fourth-order valence-corrected chi connectivity index (χ4v) is 1.87. The van der Waals surface area contributed by atoms with Gasteiger partial charge in [-0.2, -0.15) is 0 Å². The molecule has 0 fully saturated rings. The van der Waals surface area contributed by atoms with Gasteiger partial charge in [-0.3, -0.25) is 0 Å². The zero-order valence-corrected chi connectivity index (χ0v) is 10.8. The van der Waals surface area contributed by atoms with Crippen LogP contribution < -0.4 is 9.47 Å². The highest BCUT2D eigenvalue weighted by Gasteiger charge is 2.07. The van der Waals surface area contributed by atoms with Crippen LogP contribution in [0.4, 0.5) is 0 Å². The summed E-state index contributed by atoms with van der Waals surface area (Å²) in [5, 5.41) is 0. The molecule has 0 N–H and O–H groups in total. The van der Waals surface area contributed by atoms with Crippen molar-refractivity contribution in [3.63, 3.8) is 0 Å². The molecule has 1 aromatic rings. The third-order valence-electron chi connectivity index (χ3n) is 2.95. The minimum Gasteiger partial charge on any atom is -0.497 e. The summed E-state index contributed by atoms with van der Waals surface area (Å²) in [6.45, 7) is 4.33. The van der Waals surface area contributed by atoms with Crippen LogP contribution >= 0.6 is 0 Å². The van der Waals surface area contributed by atoms with E-state index in [1.807, 2.05) is 6.07 Å². The smallest absolute Gasteiger partial charge is 0.125 e. The first-order valence-corrected chi connectivity index (χ1v) is 5.94. The molecule has 2 heteroatoms. The zero-order valence-electron chi connectivity index (χ0n) is 10.8. The highest BCUT2D eigenvalue weighted by Crippen LogP contribution is 2.28. The summed E-state index contributed by atoms with van der Waals surface area (Å²) in [6, 6.07) is 4.06. The Hall–Kier alpha value is -1.18. The first-order valence-electron chi connectivity index (χ1n) is 5.94. The monoisotopic (exact) mass is 222 g/mol. The normalized spacial score (nSPS) is 10.2. The van der Waals surface area contributed by atoms with Gasteiger partial charge in [-0.05, 0) is 37.0 Å². The van der Waals surface area contributed by atoms with E-state index in [0.717, 1.165) is 17.9 Å². The molecule has 0 radical (unpaired) electrons. The summed E-state index contributed by atoms with van der Waals surface area (Å²) < 4.78 is 10.6. The molecule has 2 nitrogen and oxygen atoms in total. The maximum Gasteiger partial charge on any atom is 0.125 e. The van der Waals surface area contributed by atoms with Gasteiger partial charge < -0.3 is 9.47 Å². The van der Waals surface area contributed by atoms with Crippen molar-refractivity contribution >= 4 is 0 Å². The molecule has 0 bridgehead atoms. The highest BCUT2D eigenvalue weighted by molar-refractivity contribution is 5.45.